The Labute approximate surface area is 90.9 Å². The fourth-order valence-electron chi connectivity index (χ4n) is 1.78. The molecule has 0 aliphatic heterocycles. The van der Waals surface area contributed by atoms with Crippen molar-refractivity contribution in [3.63, 3.8) is 0 Å². The van der Waals surface area contributed by atoms with Crippen molar-refractivity contribution in [3.05, 3.63) is 52.8 Å². The van der Waals surface area contributed by atoms with E-state index >= 15 is 0 Å². The second-order valence-electron chi connectivity index (χ2n) is 3.59. The van der Waals surface area contributed by atoms with Crippen molar-refractivity contribution in [1.82, 2.24) is 15.4 Å². The maximum absolute atomic E-state index is 11.4. The molecule has 0 saturated carbocycles. The van der Waals surface area contributed by atoms with Gasteiger partial charge >= 0.3 is 0 Å². The van der Waals surface area contributed by atoms with Crippen molar-refractivity contribution in [1.29, 1.82) is 0 Å². The second-order valence-corrected chi connectivity index (χ2v) is 3.59. The minimum absolute atomic E-state index is 0.199. The number of nitrogens with zero attached hydrogens (tertiary/aromatic N) is 1. The zero-order valence-electron chi connectivity index (χ0n) is 8.40. The van der Waals surface area contributed by atoms with Gasteiger partial charge in [-0.25, -0.2) is 10.3 Å². The molecule has 3 rings (SSSR count). The van der Waals surface area contributed by atoms with Gasteiger partial charge in [0.05, 0.1) is 0 Å². The van der Waals surface area contributed by atoms with Crippen LogP contribution in [-0.2, 0) is 0 Å². The first-order chi connectivity index (χ1) is 7.84. The van der Waals surface area contributed by atoms with E-state index in [1.807, 2.05) is 42.5 Å². The van der Waals surface area contributed by atoms with Crippen LogP contribution in [0.5, 0.6) is 0 Å². The number of rotatable bonds is 1. The van der Waals surface area contributed by atoms with Crippen molar-refractivity contribution in [3.8, 4) is 11.3 Å². The zero-order chi connectivity index (χ0) is 11.0. The third kappa shape index (κ3) is 1.32. The topological polar surface area (TPSA) is 61.5 Å². The SMILES string of the molecule is O=c1[nH][nH]nc1-c1ccc2ccccc2c1. The fourth-order valence-corrected chi connectivity index (χ4v) is 1.78. The number of benzene rings is 2. The van der Waals surface area contributed by atoms with Gasteiger partial charge in [0.2, 0.25) is 0 Å². The van der Waals surface area contributed by atoms with E-state index in [-0.39, 0.29) is 5.56 Å². The van der Waals surface area contributed by atoms with Crippen LogP contribution in [0.1, 0.15) is 0 Å². The number of aromatic amines is 2. The quantitative estimate of drug-likeness (QED) is 0.646. The van der Waals surface area contributed by atoms with Crippen LogP contribution in [0.2, 0.25) is 0 Å². The summed E-state index contributed by atoms with van der Waals surface area (Å²) >= 11 is 0. The van der Waals surface area contributed by atoms with Crippen LogP contribution in [0.25, 0.3) is 22.0 Å². The Morgan fingerprint density at radius 1 is 1.00 bits per heavy atom. The zero-order valence-corrected chi connectivity index (χ0v) is 8.40. The van der Waals surface area contributed by atoms with Crippen molar-refractivity contribution in [2.75, 3.05) is 0 Å². The third-order valence-corrected chi connectivity index (χ3v) is 2.58. The van der Waals surface area contributed by atoms with E-state index in [9.17, 15) is 4.79 Å². The number of nitrogens with one attached hydrogen (secondary N) is 2. The number of aromatic nitrogens is 3. The molecule has 78 valence electrons. The van der Waals surface area contributed by atoms with E-state index in [2.05, 4.69) is 15.4 Å². The molecule has 3 aromatic rings. The van der Waals surface area contributed by atoms with E-state index in [4.69, 9.17) is 0 Å². The van der Waals surface area contributed by atoms with Gasteiger partial charge in [-0.1, -0.05) is 36.4 Å². The average Bonchev–Trinajstić information content (AvgIpc) is 2.75. The Hall–Kier alpha value is -2.36. The van der Waals surface area contributed by atoms with Gasteiger partial charge in [0.25, 0.3) is 5.56 Å². The molecule has 0 fully saturated rings. The maximum atomic E-state index is 11.4. The molecule has 0 amide bonds. The molecular weight excluding hydrogens is 202 g/mol. The van der Waals surface area contributed by atoms with Crippen molar-refractivity contribution >= 4 is 10.8 Å². The van der Waals surface area contributed by atoms with Gasteiger partial charge in [0, 0.05) is 5.56 Å². The number of fused-ring (bicyclic) bond motifs is 1. The van der Waals surface area contributed by atoms with Crippen LogP contribution in [0.15, 0.2) is 47.3 Å². The molecule has 2 N–H and O–H groups in total. The summed E-state index contributed by atoms with van der Waals surface area (Å²) in [6.45, 7) is 0. The van der Waals surface area contributed by atoms with Crippen LogP contribution in [0.4, 0.5) is 0 Å². The maximum Gasteiger partial charge on any atom is 0.291 e. The van der Waals surface area contributed by atoms with E-state index in [0.29, 0.717) is 5.69 Å². The molecular formula is C12H9N3O. The molecule has 1 heterocycles. The Bertz CT molecular complexity index is 696. The highest BCUT2D eigenvalue weighted by molar-refractivity contribution is 5.86. The highest BCUT2D eigenvalue weighted by atomic mass is 16.1. The fraction of sp³-hybridized carbons (Fsp3) is 0. The molecule has 0 radical (unpaired) electrons. The van der Waals surface area contributed by atoms with Crippen molar-refractivity contribution in [2.24, 2.45) is 0 Å². The van der Waals surface area contributed by atoms with Crippen LogP contribution in [-0.4, -0.2) is 15.4 Å². The highest BCUT2D eigenvalue weighted by Crippen LogP contribution is 2.20. The van der Waals surface area contributed by atoms with E-state index < -0.39 is 0 Å². The van der Waals surface area contributed by atoms with E-state index in [1.165, 1.54) is 0 Å². The van der Waals surface area contributed by atoms with Gasteiger partial charge < -0.3 is 0 Å². The first-order valence-electron chi connectivity index (χ1n) is 4.97. The van der Waals surface area contributed by atoms with Crippen LogP contribution in [0, 0.1) is 0 Å². The summed E-state index contributed by atoms with van der Waals surface area (Å²) in [6, 6.07) is 13.9. The molecule has 4 nitrogen and oxygen atoms in total. The molecule has 2 aromatic carbocycles. The minimum atomic E-state index is -0.199. The largest absolute Gasteiger partial charge is 0.291 e. The summed E-state index contributed by atoms with van der Waals surface area (Å²) in [7, 11) is 0. The smallest absolute Gasteiger partial charge is 0.265 e. The molecule has 0 bridgehead atoms. The highest BCUT2D eigenvalue weighted by Gasteiger charge is 2.05. The molecule has 4 heteroatoms. The Morgan fingerprint density at radius 3 is 2.56 bits per heavy atom. The lowest BCUT2D eigenvalue weighted by atomic mass is 10.1. The third-order valence-electron chi connectivity index (χ3n) is 2.58. The van der Waals surface area contributed by atoms with Gasteiger partial charge in [-0.05, 0) is 16.8 Å². The summed E-state index contributed by atoms with van der Waals surface area (Å²) in [5.41, 5.74) is 1.04. The minimum Gasteiger partial charge on any atom is -0.265 e. The van der Waals surface area contributed by atoms with Gasteiger partial charge in [0.15, 0.2) is 5.69 Å². The standard InChI is InChI=1S/C12H9N3O/c16-12-11(13-15-14-12)10-6-5-8-3-1-2-4-9(8)7-10/h1-7H,(H2,13,14,15,16). The van der Waals surface area contributed by atoms with Crippen LogP contribution >= 0.6 is 0 Å². The second kappa shape index (κ2) is 3.34. The Balaban J connectivity index is 2.27. The van der Waals surface area contributed by atoms with E-state index in [0.717, 1.165) is 16.3 Å². The first-order valence-corrected chi connectivity index (χ1v) is 4.97. The lowest BCUT2D eigenvalue weighted by Crippen LogP contribution is -2.01. The molecule has 0 spiro atoms. The van der Waals surface area contributed by atoms with Crippen LogP contribution < -0.4 is 5.56 Å². The number of H-pyrrole nitrogens is 2. The Morgan fingerprint density at radius 2 is 1.81 bits per heavy atom. The molecule has 0 saturated heterocycles. The van der Waals surface area contributed by atoms with Crippen molar-refractivity contribution < 1.29 is 0 Å². The molecule has 0 aliphatic carbocycles. The number of hydrogen-bond acceptors (Lipinski definition) is 2. The first kappa shape index (κ1) is 8.91. The van der Waals surface area contributed by atoms with Gasteiger partial charge in [-0.15, -0.1) is 0 Å². The summed E-state index contributed by atoms with van der Waals surface area (Å²) in [5, 5.41) is 11.0. The number of hydrogen-bond donors (Lipinski definition) is 2. The normalized spacial score (nSPS) is 10.8. The lowest BCUT2D eigenvalue weighted by Gasteiger charge is -1.99. The average molecular weight is 211 g/mol. The summed E-state index contributed by atoms with van der Waals surface area (Å²) in [6.07, 6.45) is 0. The summed E-state index contributed by atoms with van der Waals surface area (Å²) in [4.78, 5) is 11.4. The lowest BCUT2D eigenvalue weighted by molar-refractivity contribution is 0.931. The monoisotopic (exact) mass is 211 g/mol. The molecule has 0 atom stereocenters. The predicted molar refractivity (Wildman–Crippen MR) is 62.2 cm³/mol. The molecule has 16 heavy (non-hydrogen) atoms. The Kier molecular flexibility index (Phi) is 1.86. The van der Waals surface area contributed by atoms with Crippen LogP contribution in [0.3, 0.4) is 0 Å². The van der Waals surface area contributed by atoms with Crippen molar-refractivity contribution in [2.45, 2.75) is 0 Å². The van der Waals surface area contributed by atoms with Gasteiger partial charge in [0.1, 0.15) is 0 Å². The molecule has 0 unspecified atom stereocenters. The van der Waals surface area contributed by atoms with Gasteiger partial charge in [-0.2, -0.15) is 5.10 Å². The molecule has 0 aliphatic rings. The summed E-state index contributed by atoms with van der Waals surface area (Å²) < 4.78 is 0. The van der Waals surface area contributed by atoms with Gasteiger partial charge in [-0.3, -0.25) is 4.79 Å². The summed E-state index contributed by atoms with van der Waals surface area (Å²) in [5.74, 6) is 0. The predicted octanol–water partition coefficient (Wildman–Crippen LogP) is 1.92. The molecule has 1 aromatic heterocycles. The van der Waals surface area contributed by atoms with E-state index in [1.54, 1.807) is 0 Å².